The Morgan fingerprint density at radius 2 is 2.31 bits per heavy atom. The molecule has 1 aromatic rings. The Labute approximate surface area is 94.3 Å². The van der Waals surface area contributed by atoms with Gasteiger partial charge in [0.05, 0.1) is 0 Å². The van der Waals surface area contributed by atoms with E-state index in [1.54, 1.807) is 6.07 Å². The third-order valence-corrected chi connectivity index (χ3v) is 3.31. The van der Waals surface area contributed by atoms with Gasteiger partial charge in [-0.25, -0.2) is 0 Å². The van der Waals surface area contributed by atoms with Crippen LogP contribution in [0.15, 0.2) is 12.4 Å². The maximum atomic E-state index is 6.95. The highest BCUT2D eigenvalue weighted by molar-refractivity contribution is 5.50. The molecule has 0 bridgehead atoms. The van der Waals surface area contributed by atoms with Crippen LogP contribution in [-0.4, -0.2) is 35.1 Å². The number of piperazine rings is 1. The van der Waals surface area contributed by atoms with E-state index >= 15 is 0 Å². The second-order valence-corrected chi connectivity index (χ2v) is 4.47. The fourth-order valence-electron chi connectivity index (χ4n) is 2.21. The van der Waals surface area contributed by atoms with Gasteiger partial charge in [-0.2, -0.15) is 4.98 Å². The minimum absolute atomic E-state index is 0.335. The molecule has 0 radical (unpaired) electrons. The molecule has 2 heterocycles. The zero-order valence-electron chi connectivity index (χ0n) is 8.98. The van der Waals surface area contributed by atoms with Gasteiger partial charge < -0.3 is 15.1 Å². The largest absolute Gasteiger partial charge is 0.360 e. The number of hydrogen-bond acceptors (Lipinski definition) is 4. The van der Waals surface area contributed by atoms with Crippen molar-refractivity contribution in [1.29, 1.82) is 0 Å². The molecule has 0 aromatic carbocycles. The second kappa shape index (κ2) is 3.42. The first-order chi connectivity index (χ1) is 7.81. The average molecular weight is 215 g/mol. The smallest absolute Gasteiger partial charge is 0.274 e. The lowest BCUT2D eigenvalue weighted by Gasteiger charge is -2.34. The summed E-state index contributed by atoms with van der Waals surface area (Å²) in [4.78, 5) is 13.7. The van der Waals surface area contributed by atoms with E-state index in [-0.39, 0.29) is 0 Å². The van der Waals surface area contributed by atoms with Crippen LogP contribution >= 0.6 is 0 Å². The molecule has 1 N–H and O–H groups in total. The molecule has 5 nitrogen and oxygen atoms in total. The van der Waals surface area contributed by atoms with Crippen molar-refractivity contribution in [2.24, 2.45) is 0 Å². The third-order valence-electron chi connectivity index (χ3n) is 3.31. The van der Waals surface area contributed by atoms with Gasteiger partial charge in [0.2, 0.25) is 6.33 Å². The van der Waals surface area contributed by atoms with E-state index in [2.05, 4.69) is 25.0 Å². The summed E-state index contributed by atoms with van der Waals surface area (Å²) in [5.74, 6) is 1.31. The van der Waals surface area contributed by atoms with Crippen molar-refractivity contribution in [3.05, 3.63) is 23.8 Å². The van der Waals surface area contributed by atoms with Crippen LogP contribution in [0.5, 0.6) is 0 Å². The van der Waals surface area contributed by atoms with Gasteiger partial charge in [-0.15, -0.1) is 4.98 Å². The molecule has 1 aliphatic heterocycles. The molecular weight excluding hydrogens is 202 g/mol. The molecule has 0 unspecified atom stereocenters. The molecule has 0 atom stereocenters. The van der Waals surface area contributed by atoms with Crippen molar-refractivity contribution in [2.75, 3.05) is 24.5 Å². The highest BCUT2D eigenvalue weighted by atomic mass is 15.3. The van der Waals surface area contributed by atoms with Crippen LogP contribution < -0.4 is 10.2 Å². The van der Waals surface area contributed by atoms with Crippen molar-refractivity contribution < 1.29 is 0 Å². The number of hydrogen-bond donors (Lipinski definition) is 1. The highest BCUT2D eigenvalue weighted by Gasteiger charge is 2.45. The first-order valence-electron chi connectivity index (χ1n) is 5.51. The molecule has 1 spiro atoms. The van der Waals surface area contributed by atoms with Crippen LogP contribution in [0.4, 0.5) is 11.6 Å². The van der Waals surface area contributed by atoms with E-state index in [0.717, 1.165) is 25.5 Å². The van der Waals surface area contributed by atoms with Gasteiger partial charge in [0, 0.05) is 31.2 Å². The number of nitrogens with zero attached hydrogens (tertiary/aromatic N) is 4. The normalized spacial score (nSPS) is 21.8. The predicted octanol–water partition coefficient (Wildman–Crippen LogP) is 0.970. The summed E-state index contributed by atoms with van der Waals surface area (Å²) in [6.45, 7) is 9.90. The molecule has 1 aromatic heterocycles. The number of anilines is 1. The van der Waals surface area contributed by atoms with E-state index in [1.165, 1.54) is 19.2 Å². The molecule has 82 valence electrons. The molecule has 3 rings (SSSR count). The first-order valence-corrected chi connectivity index (χ1v) is 5.51. The van der Waals surface area contributed by atoms with Crippen LogP contribution in [0.3, 0.4) is 0 Å². The fraction of sp³-hybridized carbons (Fsp3) is 0.545. The van der Waals surface area contributed by atoms with Crippen LogP contribution in [-0.2, 0) is 0 Å². The lowest BCUT2D eigenvalue weighted by Crippen LogP contribution is -2.52. The quantitative estimate of drug-likeness (QED) is 0.709. The summed E-state index contributed by atoms with van der Waals surface area (Å²) in [5, 5.41) is 3.55. The molecule has 2 fully saturated rings. The minimum Gasteiger partial charge on any atom is -0.360 e. The zero-order chi connectivity index (χ0) is 11.0. The van der Waals surface area contributed by atoms with Crippen molar-refractivity contribution in [2.45, 2.75) is 18.4 Å². The Morgan fingerprint density at radius 1 is 1.44 bits per heavy atom. The standard InChI is InChI=1S/C11H13N5/c1-12-9-6-10(14-8-13-9)16-5-4-15-11(7-16)2-3-11/h6,8,15H,2-5,7H2. The Balaban J connectivity index is 1.83. The van der Waals surface area contributed by atoms with Gasteiger partial charge in [-0.05, 0) is 12.8 Å². The summed E-state index contributed by atoms with van der Waals surface area (Å²) in [5.41, 5.74) is 0.335. The molecule has 0 amide bonds. The summed E-state index contributed by atoms with van der Waals surface area (Å²) < 4.78 is 0. The van der Waals surface area contributed by atoms with E-state index in [0.29, 0.717) is 11.4 Å². The SMILES string of the molecule is [C-]#[N+]c1cc(N2CCNC3(CC3)C2)ncn1. The second-order valence-electron chi connectivity index (χ2n) is 4.47. The van der Waals surface area contributed by atoms with E-state index in [4.69, 9.17) is 6.57 Å². The third kappa shape index (κ3) is 1.61. The fourth-order valence-corrected chi connectivity index (χ4v) is 2.21. The van der Waals surface area contributed by atoms with Crippen molar-refractivity contribution in [3.63, 3.8) is 0 Å². The van der Waals surface area contributed by atoms with Crippen LogP contribution in [0.1, 0.15) is 12.8 Å². The number of rotatable bonds is 1. The molecule has 1 saturated heterocycles. The summed E-state index contributed by atoms with van der Waals surface area (Å²) in [6, 6.07) is 1.77. The lowest BCUT2D eigenvalue weighted by molar-refractivity contribution is 0.440. The average Bonchev–Trinajstić information content (AvgIpc) is 3.08. The van der Waals surface area contributed by atoms with Crippen LogP contribution in [0.2, 0.25) is 0 Å². The molecule has 1 aliphatic carbocycles. The van der Waals surface area contributed by atoms with E-state index < -0.39 is 0 Å². The van der Waals surface area contributed by atoms with Crippen LogP contribution in [0, 0.1) is 6.57 Å². The summed E-state index contributed by atoms with van der Waals surface area (Å²) >= 11 is 0. The number of nitrogens with one attached hydrogen (secondary N) is 1. The first kappa shape index (κ1) is 9.55. The van der Waals surface area contributed by atoms with Crippen molar-refractivity contribution in [3.8, 4) is 0 Å². The van der Waals surface area contributed by atoms with Crippen molar-refractivity contribution >= 4 is 11.6 Å². The van der Waals surface area contributed by atoms with Gasteiger partial charge in [0.25, 0.3) is 5.82 Å². The molecule has 2 aliphatic rings. The van der Waals surface area contributed by atoms with E-state index in [9.17, 15) is 0 Å². The van der Waals surface area contributed by atoms with E-state index in [1.807, 2.05) is 0 Å². The van der Waals surface area contributed by atoms with Gasteiger partial charge >= 0.3 is 0 Å². The Hall–Kier alpha value is -1.67. The summed E-state index contributed by atoms with van der Waals surface area (Å²) in [7, 11) is 0. The molecular formula is C11H13N5. The molecule has 16 heavy (non-hydrogen) atoms. The summed E-state index contributed by atoms with van der Waals surface area (Å²) in [6.07, 6.45) is 3.98. The van der Waals surface area contributed by atoms with Gasteiger partial charge in [-0.1, -0.05) is 6.57 Å². The van der Waals surface area contributed by atoms with Gasteiger partial charge in [0.15, 0.2) is 0 Å². The van der Waals surface area contributed by atoms with Gasteiger partial charge in [0.1, 0.15) is 5.82 Å². The molecule has 1 saturated carbocycles. The topological polar surface area (TPSA) is 45.4 Å². The van der Waals surface area contributed by atoms with Crippen LogP contribution in [0.25, 0.3) is 4.85 Å². The monoisotopic (exact) mass is 215 g/mol. The number of aromatic nitrogens is 2. The Bertz CT molecular complexity index is 446. The predicted molar refractivity (Wildman–Crippen MR) is 60.5 cm³/mol. The highest BCUT2D eigenvalue weighted by Crippen LogP contribution is 2.38. The maximum absolute atomic E-state index is 6.95. The van der Waals surface area contributed by atoms with Gasteiger partial charge in [-0.3, -0.25) is 0 Å². The Kier molecular flexibility index (Phi) is 2.04. The molecule has 5 heteroatoms. The zero-order valence-corrected chi connectivity index (χ0v) is 8.98. The maximum Gasteiger partial charge on any atom is 0.274 e. The minimum atomic E-state index is 0.335. The Morgan fingerprint density at radius 3 is 3.06 bits per heavy atom. The lowest BCUT2D eigenvalue weighted by atomic mass is 10.2. The van der Waals surface area contributed by atoms with Crippen molar-refractivity contribution in [1.82, 2.24) is 15.3 Å².